The van der Waals surface area contributed by atoms with Crippen molar-refractivity contribution >= 4 is 23.3 Å². The molecule has 1 aromatic carbocycles. The second kappa shape index (κ2) is 8.44. The van der Waals surface area contributed by atoms with Gasteiger partial charge in [0.25, 0.3) is 0 Å². The number of anilines is 2. The monoisotopic (exact) mass is 419 g/mol. The van der Waals surface area contributed by atoms with Gasteiger partial charge in [-0.25, -0.2) is 23.4 Å². The SMILES string of the molecule is CCSc1ncnn1CC1(c2cnc(Nc3ccc(F)cc3)cc2F)OCCO1. The van der Waals surface area contributed by atoms with Crippen molar-refractivity contribution in [3.05, 3.63) is 60.1 Å². The van der Waals surface area contributed by atoms with E-state index in [0.29, 0.717) is 24.1 Å². The van der Waals surface area contributed by atoms with Gasteiger partial charge in [0.05, 0.1) is 18.8 Å². The molecule has 152 valence electrons. The van der Waals surface area contributed by atoms with Crippen LogP contribution in [0.4, 0.5) is 20.3 Å². The van der Waals surface area contributed by atoms with Crippen LogP contribution < -0.4 is 5.32 Å². The van der Waals surface area contributed by atoms with Crippen LogP contribution in [0.2, 0.25) is 0 Å². The average Bonchev–Trinajstić information content (AvgIpc) is 3.35. The minimum Gasteiger partial charge on any atom is -0.342 e. The lowest BCUT2D eigenvalue weighted by molar-refractivity contribution is -0.181. The Balaban J connectivity index is 1.60. The predicted octanol–water partition coefficient (Wildman–Crippen LogP) is 3.71. The van der Waals surface area contributed by atoms with Crippen molar-refractivity contribution in [2.75, 3.05) is 24.3 Å². The van der Waals surface area contributed by atoms with Gasteiger partial charge >= 0.3 is 0 Å². The zero-order chi connectivity index (χ0) is 20.3. The maximum absolute atomic E-state index is 15.0. The Morgan fingerprint density at radius 1 is 1.17 bits per heavy atom. The Morgan fingerprint density at radius 3 is 2.62 bits per heavy atom. The van der Waals surface area contributed by atoms with Crippen LogP contribution in [0.15, 0.2) is 48.0 Å². The van der Waals surface area contributed by atoms with Crippen molar-refractivity contribution in [3.63, 3.8) is 0 Å². The van der Waals surface area contributed by atoms with Gasteiger partial charge in [0.2, 0.25) is 5.79 Å². The zero-order valence-corrected chi connectivity index (χ0v) is 16.5. The van der Waals surface area contributed by atoms with Crippen LogP contribution in [-0.4, -0.2) is 38.7 Å². The van der Waals surface area contributed by atoms with Crippen LogP contribution in [0.1, 0.15) is 12.5 Å². The van der Waals surface area contributed by atoms with Gasteiger partial charge in [-0.1, -0.05) is 18.7 Å². The second-order valence-corrected chi connectivity index (χ2v) is 7.50. The first-order valence-corrected chi connectivity index (χ1v) is 10.1. The fourth-order valence-electron chi connectivity index (χ4n) is 3.05. The summed E-state index contributed by atoms with van der Waals surface area (Å²) in [6, 6.07) is 6.98. The van der Waals surface area contributed by atoms with Gasteiger partial charge in [0.15, 0.2) is 5.16 Å². The molecule has 0 bridgehead atoms. The summed E-state index contributed by atoms with van der Waals surface area (Å²) in [5.41, 5.74) is 0.778. The number of nitrogens with one attached hydrogen (secondary N) is 1. The maximum Gasteiger partial charge on any atom is 0.219 e. The molecule has 0 amide bonds. The van der Waals surface area contributed by atoms with Gasteiger partial charge in [0.1, 0.15) is 30.3 Å². The molecule has 0 atom stereocenters. The van der Waals surface area contributed by atoms with E-state index in [1.807, 2.05) is 6.92 Å². The fourth-order valence-corrected chi connectivity index (χ4v) is 3.69. The van der Waals surface area contributed by atoms with E-state index in [9.17, 15) is 4.39 Å². The van der Waals surface area contributed by atoms with E-state index in [1.54, 1.807) is 16.8 Å². The third-order valence-electron chi connectivity index (χ3n) is 4.35. The summed E-state index contributed by atoms with van der Waals surface area (Å²) in [5, 5.41) is 7.86. The summed E-state index contributed by atoms with van der Waals surface area (Å²) in [5.74, 6) is -1.10. The largest absolute Gasteiger partial charge is 0.342 e. The van der Waals surface area contributed by atoms with Crippen LogP contribution in [0.5, 0.6) is 0 Å². The van der Waals surface area contributed by atoms with Gasteiger partial charge in [0, 0.05) is 18.0 Å². The van der Waals surface area contributed by atoms with E-state index in [4.69, 9.17) is 9.47 Å². The smallest absolute Gasteiger partial charge is 0.219 e. The minimum atomic E-state index is -1.33. The number of ether oxygens (including phenoxy) is 2. The number of nitrogens with zero attached hydrogens (tertiary/aromatic N) is 4. The van der Waals surface area contributed by atoms with Gasteiger partial charge in [-0.15, -0.1) is 0 Å². The quantitative estimate of drug-likeness (QED) is 0.585. The molecule has 1 aliphatic heterocycles. The highest BCUT2D eigenvalue weighted by molar-refractivity contribution is 7.99. The Morgan fingerprint density at radius 2 is 1.93 bits per heavy atom. The highest BCUT2D eigenvalue weighted by Crippen LogP contribution is 2.36. The lowest BCUT2D eigenvalue weighted by Crippen LogP contribution is -2.34. The van der Waals surface area contributed by atoms with E-state index in [1.165, 1.54) is 42.5 Å². The summed E-state index contributed by atoms with van der Waals surface area (Å²) >= 11 is 1.53. The van der Waals surface area contributed by atoms with Crippen molar-refractivity contribution < 1.29 is 18.3 Å². The number of hydrogen-bond donors (Lipinski definition) is 1. The first-order chi connectivity index (χ1) is 14.1. The first-order valence-electron chi connectivity index (χ1n) is 9.07. The lowest BCUT2D eigenvalue weighted by atomic mass is 10.1. The molecule has 0 aliphatic carbocycles. The Kier molecular flexibility index (Phi) is 5.74. The molecule has 29 heavy (non-hydrogen) atoms. The number of pyridine rings is 1. The number of aromatic nitrogens is 4. The van der Waals surface area contributed by atoms with E-state index >= 15 is 4.39 Å². The van der Waals surface area contributed by atoms with Gasteiger partial charge < -0.3 is 14.8 Å². The van der Waals surface area contributed by atoms with Gasteiger partial charge in [-0.3, -0.25) is 0 Å². The molecule has 0 spiro atoms. The Bertz CT molecular complexity index is 977. The molecule has 7 nitrogen and oxygen atoms in total. The molecule has 1 N–H and O–H groups in total. The highest BCUT2D eigenvalue weighted by Gasteiger charge is 2.42. The molecule has 10 heteroatoms. The van der Waals surface area contributed by atoms with Gasteiger partial charge in [-0.05, 0) is 30.0 Å². The Hall–Kier alpha value is -2.56. The third-order valence-corrected chi connectivity index (χ3v) is 5.21. The lowest BCUT2D eigenvalue weighted by Gasteiger charge is -2.28. The van der Waals surface area contributed by atoms with Crippen molar-refractivity contribution in [2.24, 2.45) is 0 Å². The van der Waals surface area contributed by atoms with Crippen molar-refractivity contribution in [1.29, 1.82) is 0 Å². The summed E-state index contributed by atoms with van der Waals surface area (Å²) in [6.07, 6.45) is 2.83. The van der Waals surface area contributed by atoms with E-state index in [-0.39, 0.29) is 23.7 Å². The Labute approximate surface area is 170 Å². The molecule has 2 aromatic heterocycles. The maximum atomic E-state index is 15.0. The molecule has 3 heterocycles. The molecule has 1 saturated heterocycles. The topological polar surface area (TPSA) is 74.1 Å². The van der Waals surface area contributed by atoms with Crippen molar-refractivity contribution in [2.45, 2.75) is 24.4 Å². The average molecular weight is 419 g/mol. The van der Waals surface area contributed by atoms with E-state index in [0.717, 1.165) is 5.75 Å². The number of benzene rings is 1. The molecule has 0 radical (unpaired) electrons. The van der Waals surface area contributed by atoms with Crippen LogP contribution in [0.3, 0.4) is 0 Å². The summed E-state index contributed by atoms with van der Waals surface area (Å²) in [7, 11) is 0. The number of hydrogen-bond acceptors (Lipinski definition) is 7. The molecule has 3 aromatic rings. The number of halogens is 2. The van der Waals surface area contributed by atoms with E-state index in [2.05, 4.69) is 20.4 Å². The third kappa shape index (κ3) is 4.24. The normalized spacial score (nSPS) is 15.6. The molecular formula is C19H19F2N5O2S. The molecular weight excluding hydrogens is 400 g/mol. The highest BCUT2D eigenvalue weighted by atomic mass is 32.2. The van der Waals surface area contributed by atoms with Crippen molar-refractivity contribution in [1.82, 2.24) is 19.7 Å². The first kappa shape index (κ1) is 19.7. The van der Waals surface area contributed by atoms with Crippen LogP contribution >= 0.6 is 11.8 Å². The second-order valence-electron chi connectivity index (χ2n) is 6.26. The molecule has 0 saturated carbocycles. The fraction of sp³-hybridized carbons (Fsp3) is 0.316. The zero-order valence-electron chi connectivity index (χ0n) is 15.6. The van der Waals surface area contributed by atoms with Crippen LogP contribution in [0.25, 0.3) is 0 Å². The predicted molar refractivity (Wildman–Crippen MR) is 104 cm³/mol. The van der Waals surface area contributed by atoms with E-state index < -0.39 is 11.6 Å². The number of thioether (sulfide) groups is 1. The van der Waals surface area contributed by atoms with Crippen LogP contribution in [-0.2, 0) is 21.8 Å². The molecule has 1 fully saturated rings. The molecule has 4 rings (SSSR count). The summed E-state index contributed by atoms with van der Waals surface area (Å²) < 4.78 is 41.4. The molecule has 1 aliphatic rings. The van der Waals surface area contributed by atoms with Gasteiger partial charge in [-0.2, -0.15) is 5.10 Å². The molecule has 0 unspecified atom stereocenters. The van der Waals surface area contributed by atoms with Crippen molar-refractivity contribution in [3.8, 4) is 0 Å². The standard InChI is InChI=1S/C19H19F2N5O2S/c1-2-29-18-23-12-24-26(18)11-19(27-7-8-28-19)15-10-22-17(9-16(15)21)25-14-5-3-13(20)4-6-14/h3-6,9-10,12H,2,7-8,11H2,1H3,(H,22,25). The van der Waals surface area contributed by atoms with Crippen LogP contribution in [0, 0.1) is 11.6 Å². The summed E-state index contributed by atoms with van der Waals surface area (Å²) in [4.78, 5) is 8.50. The minimum absolute atomic E-state index is 0.151. The summed E-state index contributed by atoms with van der Waals surface area (Å²) in [6.45, 7) is 2.83. The number of rotatable bonds is 7.